The topological polar surface area (TPSA) is 21.3 Å². The first-order chi connectivity index (χ1) is 7.68. The molecule has 1 aromatic rings. The van der Waals surface area contributed by atoms with Crippen LogP contribution in [0.1, 0.15) is 25.0 Å². The van der Waals surface area contributed by atoms with Crippen LogP contribution < -0.4 is 5.32 Å². The Morgan fingerprint density at radius 3 is 2.69 bits per heavy atom. The van der Waals surface area contributed by atoms with Crippen molar-refractivity contribution in [1.29, 1.82) is 0 Å². The average Bonchev–Trinajstić information content (AvgIpc) is 2.44. The van der Waals surface area contributed by atoms with E-state index in [4.69, 9.17) is 4.74 Å². The molecule has 0 saturated carbocycles. The predicted molar refractivity (Wildman–Crippen MR) is 57.1 cm³/mol. The summed E-state index contributed by atoms with van der Waals surface area (Å²) in [5, 5.41) is 3.19. The number of halogens is 2. The lowest BCUT2D eigenvalue weighted by Gasteiger charge is -2.17. The molecule has 1 heterocycles. The average molecular weight is 227 g/mol. The largest absolute Gasteiger partial charge is 0.372 e. The standard InChI is InChI=1S/C12H15F2NO/c1-8-5-6-16-11(7-15-8)12-9(13)3-2-4-10(12)14/h2-4,8,11,15H,5-7H2,1H3. The Kier molecular flexibility index (Phi) is 3.51. The molecule has 4 heteroatoms. The lowest BCUT2D eigenvalue weighted by atomic mass is 10.1. The summed E-state index contributed by atoms with van der Waals surface area (Å²) in [5.41, 5.74) is 0.0316. The van der Waals surface area contributed by atoms with Gasteiger partial charge in [-0.15, -0.1) is 0 Å². The molecule has 0 bridgehead atoms. The fourth-order valence-electron chi connectivity index (χ4n) is 1.86. The molecule has 1 aliphatic heterocycles. The molecule has 0 aliphatic carbocycles. The predicted octanol–water partition coefficient (Wildman–Crippen LogP) is 2.40. The quantitative estimate of drug-likeness (QED) is 0.795. The van der Waals surface area contributed by atoms with Crippen LogP contribution in [0.25, 0.3) is 0 Å². The highest BCUT2D eigenvalue weighted by Gasteiger charge is 2.23. The summed E-state index contributed by atoms with van der Waals surface area (Å²) in [5.74, 6) is -1.08. The van der Waals surface area contributed by atoms with Crippen LogP contribution in [0.3, 0.4) is 0 Å². The second kappa shape index (κ2) is 4.89. The van der Waals surface area contributed by atoms with Crippen molar-refractivity contribution in [3.8, 4) is 0 Å². The lowest BCUT2D eigenvalue weighted by molar-refractivity contribution is 0.0612. The van der Waals surface area contributed by atoms with E-state index < -0.39 is 17.7 Å². The third kappa shape index (κ3) is 2.39. The Balaban J connectivity index is 2.23. The SMILES string of the molecule is CC1CCOC(c2c(F)cccc2F)CN1. The highest BCUT2D eigenvalue weighted by molar-refractivity contribution is 5.22. The normalized spacial score (nSPS) is 26.4. The molecule has 2 atom stereocenters. The van der Waals surface area contributed by atoms with E-state index in [1.807, 2.05) is 6.92 Å². The zero-order valence-electron chi connectivity index (χ0n) is 9.17. The summed E-state index contributed by atoms with van der Waals surface area (Å²) >= 11 is 0. The van der Waals surface area contributed by atoms with E-state index in [1.165, 1.54) is 18.2 Å². The molecule has 1 saturated heterocycles. The number of ether oxygens (including phenoxy) is 1. The fourth-order valence-corrected chi connectivity index (χ4v) is 1.86. The van der Waals surface area contributed by atoms with Crippen molar-refractivity contribution in [3.05, 3.63) is 35.4 Å². The molecule has 0 amide bonds. The molecular formula is C12H15F2NO. The molecule has 0 spiro atoms. The maximum atomic E-state index is 13.5. The van der Waals surface area contributed by atoms with Crippen LogP contribution >= 0.6 is 0 Å². The first-order valence-corrected chi connectivity index (χ1v) is 5.47. The van der Waals surface area contributed by atoms with Crippen LogP contribution in [0, 0.1) is 11.6 Å². The van der Waals surface area contributed by atoms with Gasteiger partial charge in [-0.05, 0) is 25.5 Å². The van der Waals surface area contributed by atoms with Gasteiger partial charge >= 0.3 is 0 Å². The van der Waals surface area contributed by atoms with Crippen LogP contribution in [0.5, 0.6) is 0 Å². The van der Waals surface area contributed by atoms with Crippen molar-refractivity contribution >= 4 is 0 Å². The van der Waals surface area contributed by atoms with Gasteiger partial charge in [-0.3, -0.25) is 0 Å². The summed E-state index contributed by atoms with van der Waals surface area (Å²) in [6.07, 6.45) is 0.318. The molecule has 0 radical (unpaired) electrons. The monoisotopic (exact) mass is 227 g/mol. The molecule has 88 valence electrons. The summed E-state index contributed by atoms with van der Waals surface area (Å²) in [7, 11) is 0. The molecule has 1 fully saturated rings. The third-order valence-electron chi connectivity index (χ3n) is 2.84. The van der Waals surface area contributed by atoms with Crippen molar-refractivity contribution in [2.45, 2.75) is 25.5 Å². The highest BCUT2D eigenvalue weighted by Crippen LogP contribution is 2.25. The van der Waals surface area contributed by atoms with Gasteiger partial charge < -0.3 is 10.1 Å². The summed E-state index contributed by atoms with van der Waals surface area (Å²) in [4.78, 5) is 0. The summed E-state index contributed by atoms with van der Waals surface area (Å²) < 4.78 is 32.5. The van der Waals surface area contributed by atoms with Crippen LogP contribution in [0.4, 0.5) is 8.78 Å². The zero-order chi connectivity index (χ0) is 11.5. The van der Waals surface area contributed by atoms with E-state index in [1.54, 1.807) is 0 Å². The molecule has 2 rings (SSSR count). The van der Waals surface area contributed by atoms with Gasteiger partial charge in [0.25, 0.3) is 0 Å². The molecule has 0 aromatic heterocycles. The second-order valence-corrected chi connectivity index (χ2v) is 4.09. The van der Waals surface area contributed by atoms with Crippen LogP contribution in [0.2, 0.25) is 0 Å². The molecule has 16 heavy (non-hydrogen) atoms. The fraction of sp³-hybridized carbons (Fsp3) is 0.500. The Morgan fingerprint density at radius 1 is 1.31 bits per heavy atom. The minimum Gasteiger partial charge on any atom is -0.372 e. The Bertz CT molecular complexity index is 350. The van der Waals surface area contributed by atoms with E-state index in [2.05, 4.69) is 5.32 Å². The van der Waals surface area contributed by atoms with E-state index >= 15 is 0 Å². The minimum atomic E-state index is -0.540. The molecule has 1 N–H and O–H groups in total. The maximum Gasteiger partial charge on any atom is 0.132 e. The Morgan fingerprint density at radius 2 is 2.00 bits per heavy atom. The minimum absolute atomic E-state index is 0.0316. The van der Waals surface area contributed by atoms with Crippen molar-refractivity contribution in [3.63, 3.8) is 0 Å². The molecule has 1 aromatic carbocycles. The van der Waals surface area contributed by atoms with Crippen molar-refractivity contribution in [1.82, 2.24) is 5.32 Å². The number of hydrogen-bond donors (Lipinski definition) is 1. The van der Waals surface area contributed by atoms with Gasteiger partial charge in [-0.1, -0.05) is 6.07 Å². The first-order valence-electron chi connectivity index (χ1n) is 5.47. The summed E-state index contributed by atoms with van der Waals surface area (Å²) in [6.45, 7) is 3.00. The van der Waals surface area contributed by atoms with Gasteiger partial charge in [0, 0.05) is 19.2 Å². The van der Waals surface area contributed by atoms with Crippen LogP contribution in [0.15, 0.2) is 18.2 Å². The van der Waals surface area contributed by atoms with Gasteiger partial charge in [0.2, 0.25) is 0 Å². The van der Waals surface area contributed by atoms with E-state index in [9.17, 15) is 8.78 Å². The van der Waals surface area contributed by atoms with E-state index in [0.29, 0.717) is 19.2 Å². The number of rotatable bonds is 1. The van der Waals surface area contributed by atoms with Gasteiger partial charge in [-0.2, -0.15) is 0 Å². The lowest BCUT2D eigenvalue weighted by Crippen LogP contribution is -2.28. The van der Waals surface area contributed by atoms with Crippen LogP contribution in [-0.4, -0.2) is 19.2 Å². The van der Waals surface area contributed by atoms with Gasteiger partial charge in [0.05, 0.1) is 5.56 Å². The van der Waals surface area contributed by atoms with Gasteiger partial charge in [-0.25, -0.2) is 8.78 Å². The Hall–Kier alpha value is -1.00. The zero-order valence-corrected chi connectivity index (χ0v) is 9.17. The molecule has 1 aliphatic rings. The Labute approximate surface area is 93.6 Å². The van der Waals surface area contributed by atoms with Crippen molar-refractivity contribution < 1.29 is 13.5 Å². The van der Waals surface area contributed by atoms with Gasteiger partial charge in [0.15, 0.2) is 0 Å². The van der Waals surface area contributed by atoms with E-state index in [-0.39, 0.29) is 5.56 Å². The van der Waals surface area contributed by atoms with Gasteiger partial charge in [0.1, 0.15) is 17.7 Å². The third-order valence-corrected chi connectivity index (χ3v) is 2.84. The first kappa shape index (κ1) is 11.5. The number of nitrogens with one attached hydrogen (secondary N) is 1. The molecular weight excluding hydrogens is 212 g/mol. The molecule has 2 nitrogen and oxygen atoms in total. The highest BCUT2D eigenvalue weighted by atomic mass is 19.1. The summed E-state index contributed by atoms with van der Waals surface area (Å²) in [6, 6.07) is 4.20. The second-order valence-electron chi connectivity index (χ2n) is 4.09. The number of hydrogen-bond acceptors (Lipinski definition) is 2. The van der Waals surface area contributed by atoms with E-state index in [0.717, 1.165) is 6.42 Å². The van der Waals surface area contributed by atoms with Crippen LogP contribution in [-0.2, 0) is 4.74 Å². The smallest absolute Gasteiger partial charge is 0.132 e. The molecule has 2 unspecified atom stereocenters. The maximum absolute atomic E-state index is 13.5. The number of benzene rings is 1. The van der Waals surface area contributed by atoms with Crippen molar-refractivity contribution in [2.24, 2.45) is 0 Å². The van der Waals surface area contributed by atoms with Crippen molar-refractivity contribution in [2.75, 3.05) is 13.2 Å².